The predicted octanol–water partition coefficient (Wildman–Crippen LogP) is 1.68. The minimum absolute atomic E-state index is 0.0390. The highest BCUT2D eigenvalue weighted by Crippen LogP contribution is 2.60. The van der Waals surface area contributed by atoms with Gasteiger partial charge in [-0.3, -0.25) is 4.79 Å². The van der Waals surface area contributed by atoms with E-state index in [1.54, 1.807) is 0 Å². The van der Waals surface area contributed by atoms with Gasteiger partial charge in [0.25, 0.3) is 0 Å². The van der Waals surface area contributed by atoms with Crippen LogP contribution >= 0.6 is 0 Å². The number of rotatable bonds is 2. The Bertz CT molecular complexity index is 324. The van der Waals surface area contributed by atoms with Crippen LogP contribution in [0.25, 0.3) is 0 Å². The zero-order valence-corrected chi connectivity index (χ0v) is 11.1. The van der Waals surface area contributed by atoms with Crippen LogP contribution in [0.3, 0.4) is 0 Å². The molecule has 5 fully saturated rings. The summed E-state index contributed by atoms with van der Waals surface area (Å²) in [6.07, 6.45) is 8.91. The maximum atomic E-state index is 12.7. The molecule has 18 heavy (non-hydrogen) atoms. The third kappa shape index (κ3) is 1.70. The first-order valence-corrected chi connectivity index (χ1v) is 7.75. The molecule has 0 spiro atoms. The van der Waals surface area contributed by atoms with E-state index in [9.17, 15) is 4.79 Å². The molecule has 0 aromatic carbocycles. The van der Waals surface area contributed by atoms with Crippen LogP contribution in [-0.2, 0) is 4.79 Å². The van der Waals surface area contributed by atoms with Crippen molar-refractivity contribution in [2.75, 3.05) is 13.1 Å². The molecule has 0 unspecified atom stereocenters. The van der Waals surface area contributed by atoms with Crippen LogP contribution in [0.2, 0.25) is 0 Å². The number of hydrogen-bond donors (Lipinski definition) is 2. The van der Waals surface area contributed by atoms with Crippen molar-refractivity contribution in [1.82, 2.24) is 10.6 Å². The van der Waals surface area contributed by atoms with Gasteiger partial charge in [0, 0.05) is 18.0 Å². The fraction of sp³-hybridized carbons (Fsp3) is 0.933. The lowest BCUT2D eigenvalue weighted by molar-refractivity contribution is -0.146. The van der Waals surface area contributed by atoms with Crippen molar-refractivity contribution >= 4 is 5.91 Å². The van der Waals surface area contributed by atoms with Gasteiger partial charge in [-0.25, -0.2) is 0 Å². The lowest BCUT2D eigenvalue weighted by atomic mass is 9.49. The van der Waals surface area contributed by atoms with E-state index in [2.05, 4.69) is 10.6 Å². The minimum Gasteiger partial charge on any atom is -0.352 e. The molecule has 2 N–H and O–H groups in total. The summed E-state index contributed by atoms with van der Waals surface area (Å²) in [5, 5.41) is 6.67. The molecule has 1 aliphatic heterocycles. The van der Waals surface area contributed by atoms with E-state index in [0.29, 0.717) is 11.9 Å². The minimum atomic E-state index is 0.0390. The van der Waals surface area contributed by atoms with Crippen LogP contribution in [0.5, 0.6) is 0 Å². The Hall–Kier alpha value is -0.570. The summed E-state index contributed by atoms with van der Waals surface area (Å²) in [5.41, 5.74) is 0.0390. The lowest BCUT2D eigenvalue weighted by Crippen LogP contribution is -2.55. The molecule has 0 radical (unpaired) electrons. The molecule has 1 saturated heterocycles. The average molecular weight is 248 g/mol. The molecule has 100 valence electrons. The van der Waals surface area contributed by atoms with Crippen molar-refractivity contribution < 1.29 is 4.79 Å². The molecule has 4 saturated carbocycles. The normalized spacial score (nSPS) is 49.6. The molecule has 1 atom stereocenters. The van der Waals surface area contributed by atoms with Crippen molar-refractivity contribution in [2.24, 2.45) is 23.2 Å². The molecule has 4 aliphatic carbocycles. The molecule has 0 aromatic heterocycles. The van der Waals surface area contributed by atoms with Crippen molar-refractivity contribution in [3.8, 4) is 0 Å². The van der Waals surface area contributed by atoms with Crippen molar-refractivity contribution in [1.29, 1.82) is 0 Å². The van der Waals surface area contributed by atoms with Crippen LogP contribution in [0.15, 0.2) is 0 Å². The van der Waals surface area contributed by atoms with Gasteiger partial charge in [0.1, 0.15) is 0 Å². The van der Waals surface area contributed by atoms with E-state index in [4.69, 9.17) is 0 Å². The van der Waals surface area contributed by atoms with Crippen molar-refractivity contribution in [2.45, 2.75) is 51.0 Å². The topological polar surface area (TPSA) is 41.1 Å². The van der Waals surface area contributed by atoms with Gasteiger partial charge in [0.15, 0.2) is 0 Å². The standard InChI is InChI=1S/C15H24N2O/c18-14(17-13-1-2-16-9-13)15-6-10-3-11(7-15)5-12(4-10)8-15/h10-13,16H,1-9H2,(H,17,18)/t10?,11?,12?,13-,15?/m1/s1. The summed E-state index contributed by atoms with van der Waals surface area (Å²) >= 11 is 0. The van der Waals surface area contributed by atoms with Gasteiger partial charge in [-0.1, -0.05) is 0 Å². The van der Waals surface area contributed by atoms with E-state index < -0.39 is 0 Å². The first-order chi connectivity index (χ1) is 8.73. The maximum absolute atomic E-state index is 12.7. The van der Waals surface area contributed by atoms with E-state index in [-0.39, 0.29) is 5.41 Å². The molecule has 5 aliphatic rings. The van der Waals surface area contributed by atoms with Gasteiger partial charge in [0.05, 0.1) is 0 Å². The highest BCUT2D eigenvalue weighted by atomic mass is 16.2. The van der Waals surface area contributed by atoms with Gasteiger partial charge < -0.3 is 10.6 Å². The zero-order chi connectivity index (χ0) is 12.2. The van der Waals surface area contributed by atoms with Gasteiger partial charge in [-0.15, -0.1) is 0 Å². The van der Waals surface area contributed by atoms with E-state index >= 15 is 0 Å². The fourth-order valence-corrected chi connectivity index (χ4v) is 5.51. The van der Waals surface area contributed by atoms with Gasteiger partial charge in [0.2, 0.25) is 5.91 Å². The number of nitrogens with one attached hydrogen (secondary N) is 2. The van der Waals surface area contributed by atoms with E-state index in [1.807, 2.05) is 0 Å². The monoisotopic (exact) mass is 248 g/mol. The first-order valence-electron chi connectivity index (χ1n) is 7.75. The summed E-state index contributed by atoms with van der Waals surface area (Å²) in [6.45, 7) is 2.03. The maximum Gasteiger partial charge on any atom is 0.226 e. The largest absolute Gasteiger partial charge is 0.352 e. The lowest BCUT2D eigenvalue weighted by Gasteiger charge is -2.55. The molecular formula is C15H24N2O. The van der Waals surface area contributed by atoms with Gasteiger partial charge >= 0.3 is 0 Å². The van der Waals surface area contributed by atoms with Crippen LogP contribution in [0, 0.1) is 23.2 Å². The Morgan fingerprint density at radius 2 is 1.67 bits per heavy atom. The number of hydrogen-bond acceptors (Lipinski definition) is 2. The molecule has 0 aromatic rings. The third-order valence-electron chi connectivity index (χ3n) is 5.92. The van der Waals surface area contributed by atoms with Crippen molar-refractivity contribution in [3.05, 3.63) is 0 Å². The Balaban J connectivity index is 1.50. The molecule has 4 bridgehead atoms. The Morgan fingerprint density at radius 3 is 2.17 bits per heavy atom. The zero-order valence-electron chi connectivity index (χ0n) is 11.1. The Kier molecular flexibility index (Phi) is 2.48. The highest BCUT2D eigenvalue weighted by molar-refractivity contribution is 5.83. The van der Waals surface area contributed by atoms with E-state index in [1.165, 1.54) is 38.5 Å². The fourth-order valence-electron chi connectivity index (χ4n) is 5.51. The van der Waals surface area contributed by atoms with Gasteiger partial charge in [-0.2, -0.15) is 0 Å². The molecule has 5 rings (SSSR count). The molecule has 1 amide bonds. The molecule has 1 heterocycles. The summed E-state index contributed by atoms with van der Waals surface area (Å²) in [5.74, 6) is 2.99. The second kappa shape index (κ2) is 3.96. The Morgan fingerprint density at radius 1 is 1.06 bits per heavy atom. The third-order valence-corrected chi connectivity index (χ3v) is 5.92. The highest BCUT2D eigenvalue weighted by Gasteiger charge is 2.54. The number of amides is 1. The second-order valence-corrected chi connectivity index (χ2v) is 7.36. The van der Waals surface area contributed by atoms with Gasteiger partial charge in [-0.05, 0) is 69.2 Å². The Labute approximate surface area is 109 Å². The second-order valence-electron chi connectivity index (χ2n) is 7.36. The first kappa shape index (κ1) is 11.3. The molecule has 3 heteroatoms. The van der Waals surface area contributed by atoms with E-state index in [0.717, 1.165) is 37.3 Å². The summed E-state index contributed by atoms with van der Waals surface area (Å²) in [6, 6.07) is 0.394. The van der Waals surface area contributed by atoms with Crippen LogP contribution in [0.1, 0.15) is 44.9 Å². The number of carbonyl (C=O) groups is 1. The van der Waals surface area contributed by atoms with Crippen LogP contribution < -0.4 is 10.6 Å². The summed E-state index contributed by atoms with van der Waals surface area (Å²) in [7, 11) is 0. The van der Waals surface area contributed by atoms with Crippen LogP contribution in [-0.4, -0.2) is 25.0 Å². The molecular weight excluding hydrogens is 224 g/mol. The smallest absolute Gasteiger partial charge is 0.226 e. The SMILES string of the molecule is O=C(N[C@@H]1CCNC1)C12CC3CC(CC(C3)C1)C2. The van der Waals surface area contributed by atoms with Crippen LogP contribution in [0.4, 0.5) is 0 Å². The quantitative estimate of drug-likeness (QED) is 0.780. The summed E-state index contributed by atoms with van der Waals surface area (Å²) < 4.78 is 0. The summed E-state index contributed by atoms with van der Waals surface area (Å²) in [4.78, 5) is 12.7. The number of carbonyl (C=O) groups excluding carboxylic acids is 1. The average Bonchev–Trinajstić information content (AvgIpc) is 2.79. The predicted molar refractivity (Wildman–Crippen MR) is 70.0 cm³/mol. The molecule has 3 nitrogen and oxygen atoms in total. The van der Waals surface area contributed by atoms with Crippen molar-refractivity contribution in [3.63, 3.8) is 0 Å².